The molecule has 0 fully saturated rings. The van der Waals surface area contributed by atoms with Crippen LogP contribution in [0.4, 0.5) is 0 Å². The second-order valence-electron chi connectivity index (χ2n) is 8.77. The zero-order valence-corrected chi connectivity index (χ0v) is 18.8. The molecule has 0 saturated carbocycles. The van der Waals surface area contributed by atoms with E-state index in [-0.39, 0.29) is 0 Å². The van der Waals surface area contributed by atoms with Gasteiger partial charge in [0.25, 0.3) is 0 Å². The number of nitrogens with zero attached hydrogens (tertiary/aromatic N) is 4. The van der Waals surface area contributed by atoms with E-state index in [0.717, 1.165) is 62.1 Å². The molecule has 0 atom stereocenters. The predicted octanol–water partition coefficient (Wildman–Crippen LogP) is 6.40. The molecule has 0 saturated heterocycles. The lowest BCUT2D eigenvalue weighted by Gasteiger charge is -2.12. The Labute approximate surface area is 191 Å². The predicted molar refractivity (Wildman–Crippen MR) is 133 cm³/mol. The topological polar surface area (TPSA) is 83.1 Å². The third kappa shape index (κ3) is 3.18. The van der Waals surface area contributed by atoms with Crippen LogP contribution in [-0.4, -0.2) is 30.1 Å². The number of benzene rings is 3. The fourth-order valence-electron chi connectivity index (χ4n) is 4.56. The smallest absolute Gasteiger partial charge is 0.109 e. The van der Waals surface area contributed by atoms with Crippen LogP contribution in [0.2, 0.25) is 0 Å². The van der Waals surface area contributed by atoms with Crippen LogP contribution in [0.15, 0.2) is 61.2 Å². The molecule has 0 spiro atoms. The van der Waals surface area contributed by atoms with Gasteiger partial charge >= 0.3 is 0 Å². The van der Waals surface area contributed by atoms with Crippen molar-refractivity contribution >= 4 is 32.3 Å². The van der Waals surface area contributed by atoms with E-state index in [1.54, 1.807) is 0 Å². The molecule has 6 nitrogen and oxygen atoms in total. The van der Waals surface area contributed by atoms with Crippen molar-refractivity contribution in [2.45, 2.75) is 33.1 Å². The van der Waals surface area contributed by atoms with E-state index >= 15 is 0 Å². The summed E-state index contributed by atoms with van der Waals surface area (Å²) in [6.45, 7) is 6.38. The van der Waals surface area contributed by atoms with Gasteiger partial charge in [-0.3, -0.25) is 0 Å². The minimum atomic E-state index is 0.358. The van der Waals surface area contributed by atoms with Crippen LogP contribution >= 0.6 is 0 Å². The first-order chi connectivity index (χ1) is 16.1. The highest BCUT2D eigenvalue weighted by Crippen LogP contribution is 2.38. The Balaban J connectivity index is 1.60. The molecule has 0 aliphatic rings. The number of fused-ring (bicyclic) bond motifs is 6. The van der Waals surface area contributed by atoms with Crippen LogP contribution in [0.1, 0.15) is 38.3 Å². The minimum Gasteiger partial charge on any atom is -0.342 e. The van der Waals surface area contributed by atoms with Gasteiger partial charge in [-0.05, 0) is 33.7 Å². The zero-order valence-electron chi connectivity index (χ0n) is 18.8. The number of imidazole rings is 2. The lowest BCUT2D eigenvalue weighted by Crippen LogP contribution is -1.90. The fourth-order valence-corrected chi connectivity index (χ4v) is 4.56. The molecule has 3 heterocycles. The molecule has 162 valence electrons. The van der Waals surface area contributed by atoms with Gasteiger partial charge in [-0.15, -0.1) is 0 Å². The number of aryl methyl sites for hydroxylation is 1. The fraction of sp³-hybridized carbons (Fsp3) is 0.185. The molecule has 0 unspecified atom stereocenters. The normalized spacial score (nSPS) is 11.9. The van der Waals surface area contributed by atoms with E-state index in [1.807, 2.05) is 24.8 Å². The number of hydrogen-bond donors (Lipinski definition) is 2. The molecule has 0 bridgehead atoms. The van der Waals surface area contributed by atoms with Gasteiger partial charge in [0.05, 0.1) is 36.2 Å². The van der Waals surface area contributed by atoms with Gasteiger partial charge in [-0.25, -0.2) is 9.97 Å². The van der Waals surface area contributed by atoms with Crippen molar-refractivity contribution in [3.8, 4) is 22.5 Å². The number of rotatable bonds is 4. The third-order valence-corrected chi connectivity index (χ3v) is 6.37. The van der Waals surface area contributed by atoms with Crippen LogP contribution in [0.3, 0.4) is 0 Å². The van der Waals surface area contributed by atoms with Crippen LogP contribution in [0.25, 0.3) is 54.8 Å². The van der Waals surface area contributed by atoms with Crippen molar-refractivity contribution in [3.63, 3.8) is 0 Å². The summed E-state index contributed by atoms with van der Waals surface area (Å²) in [4.78, 5) is 15.9. The van der Waals surface area contributed by atoms with Gasteiger partial charge in [0.1, 0.15) is 11.6 Å². The number of aromatic nitrogens is 6. The maximum absolute atomic E-state index is 4.54. The summed E-state index contributed by atoms with van der Waals surface area (Å²) in [5.74, 6) is 2.35. The first kappa shape index (κ1) is 19.6. The summed E-state index contributed by atoms with van der Waals surface area (Å²) in [7, 11) is 0. The number of hydrogen-bond acceptors (Lipinski definition) is 4. The first-order valence-electron chi connectivity index (χ1n) is 11.3. The second-order valence-corrected chi connectivity index (χ2v) is 8.77. The molecule has 2 N–H and O–H groups in total. The van der Waals surface area contributed by atoms with Gasteiger partial charge in [-0.2, -0.15) is 10.2 Å². The molecule has 0 aliphatic carbocycles. The second kappa shape index (κ2) is 7.52. The van der Waals surface area contributed by atoms with E-state index in [2.05, 4.69) is 87.3 Å². The van der Waals surface area contributed by atoms with Gasteiger partial charge in [0.15, 0.2) is 0 Å². The van der Waals surface area contributed by atoms with Gasteiger partial charge in [0, 0.05) is 34.2 Å². The Kier molecular flexibility index (Phi) is 4.47. The number of nitrogens with one attached hydrogen (secondary N) is 2. The van der Waals surface area contributed by atoms with Crippen molar-refractivity contribution in [2.75, 3.05) is 0 Å². The van der Waals surface area contributed by atoms with Gasteiger partial charge in [-0.1, -0.05) is 45.0 Å². The molecular formula is C27H24N6. The summed E-state index contributed by atoms with van der Waals surface area (Å²) in [5.41, 5.74) is 4.28. The molecule has 0 radical (unpaired) electrons. The van der Waals surface area contributed by atoms with Gasteiger partial charge in [0.2, 0.25) is 0 Å². The lowest BCUT2D eigenvalue weighted by atomic mass is 9.93. The van der Waals surface area contributed by atoms with E-state index in [1.165, 1.54) is 10.8 Å². The summed E-state index contributed by atoms with van der Waals surface area (Å²) in [6, 6.07) is 13.2. The lowest BCUT2D eigenvalue weighted by molar-refractivity contribution is 0.795. The van der Waals surface area contributed by atoms with Crippen molar-refractivity contribution in [1.29, 1.82) is 0 Å². The average molecular weight is 433 g/mol. The van der Waals surface area contributed by atoms with Gasteiger partial charge < -0.3 is 9.97 Å². The Morgan fingerprint density at radius 2 is 1.24 bits per heavy atom. The highest BCUT2D eigenvalue weighted by atomic mass is 15.1. The van der Waals surface area contributed by atoms with Crippen LogP contribution in [-0.2, 0) is 6.42 Å². The van der Waals surface area contributed by atoms with E-state index in [0.29, 0.717) is 5.92 Å². The number of aromatic amines is 2. The molecule has 0 amide bonds. The SMILES string of the molecule is CCc1ncc(-c2ccc3c4ccc(-c5cnc(C(C)C)[nH]5)cc4c4cnncc4c3c2)[nH]1. The van der Waals surface area contributed by atoms with Crippen LogP contribution in [0.5, 0.6) is 0 Å². The first-order valence-corrected chi connectivity index (χ1v) is 11.3. The molecule has 0 aliphatic heterocycles. The molecule has 3 aromatic carbocycles. The molecule has 33 heavy (non-hydrogen) atoms. The number of H-pyrrole nitrogens is 2. The van der Waals surface area contributed by atoms with Crippen molar-refractivity contribution in [3.05, 3.63) is 72.8 Å². The third-order valence-electron chi connectivity index (χ3n) is 6.37. The van der Waals surface area contributed by atoms with E-state index < -0.39 is 0 Å². The maximum atomic E-state index is 4.54. The quantitative estimate of drug-likeness (QED) is 0.316. The highest BCUT2D eigenvalue weighted by molar-refractivity contribution is 6.25. The Bertz CT molecular complexity index is 1620. The average Bonchev–Trinajstić information content (AvgIpc) is 3.54. The summed E-state index contributed by atoms with van der Waals surface area (Å²) in [5, 5.41) is 15.3. The van der Waals surface area contributed by atoms with Crippen LogP contribution < -0.4 is 0 Å². The minimum absolute atomic E-state index is 0.358. The summed E-state index contributed by atoms with van der Waals surface area (Å²) < 4.78 is 0. The van der Waals surface area contributed by atoms with E-state index in [9.17, 15) is 0 Å². The molecule has 6 rings (SSSR count). The summed E-state index contributed by atoms with van der Waals surface area (Å²) in [6.07, 6.45) is 8.44. The Morgan fingerprint density at radius 1 is 0.667 bits per heavy atom. The van der Waals surface area contributed by atoms with Crippen LogP contribution in [0, 0.1) is 0 Å². The molecular weight excluding hydrogens is 408 g/mol. The maximum Gasteiger partial charge on any atom is 0.109 e. The summed E-state index contributed by atoms with van der Waals surface area (Å²) >= 11 is 0. The van der Waals surface area contributed by atoms with Crippen molar-refractivity contribution in [1.82, 2.24) is 30.1 Å². The molecule has 3 aromatic heterocycles. The Morgan fingerprint density at radius 3 is 1.76 bits per heavy atom. The van der Waals surface area contributed by atoms with Crippen molar-refractivity contribution < 1.29 is 0 Å². The monoisotopic (exact) mass is 432 g/mol. The zero-order chi connectivity index (χ0) is 22.5. The molecule has 6 aromatic rings. The van der Waals surface area contributed by atoms with Crippen molar-refractivity contribution in [2.24, 2.45) is 0 Å². The highest BCUT2D eigenvalue weighted by Gasteiger charge is 2.13. The van der Waals surface area contributed by atoms with E-state index in [4.69, 9.17) is 0 Å². The molecule has 6 heteroatoms. The Hall–Kier alpha value is -4.06. The standard InChI is InChI=1S/C27H24N6/c1-4-26-28-13-24(32-26)16-5-7-18-19-8-6-17(25-14-29-27(33-25)15(2)3)10-21(19)23-12-31-30-11-22(23)20(18)9-16/h5-15H,4H2,1-3H3,(H,28,32)(H,29,33). The largest absolute Gasteiger partial charge is 0.342 e.